The van der Waals surface area contributed by atoms with E-state index >= 15 is 0 Å². The minimum absolute atomic E-state index is 0.935. The van der Waals surface area contributed by atoms with Crippen molar-refractivity contribution in [1.29, 1.82) is 0 Å². The lowest BCUT2D eigenvalue weighted by molar-refractivity contribution is -0.633. The molecule has 4 aromatic rings. The summed E-state index contributed by atoms with van der Waals surface area (Å²) in [7, 11) is 2.13. The fourth-order valence-corrected chi connectivity index (χ4v) is 3.94. The molecule has 1 aliphatic heterocycles. The Morgan fingerprint density at radius 3 is 2.50 bits per heavy atom. The number of ether oxygens (including phenoxy) is 1. The molecule has 0 aliphatic carbocycles. The summed E-state index contributed by atoms with van der Waals surface area (Å²) in [6.07, 6.45) is 0. The minimum Gasteiger partial charge on any atom is -0.450 e. The molecule has 0 unspecified atom stereocenters. The van der Waals surface area contributed by atoms with E-state index in [0.29, 0.717) is 0 Å². The summed E-state index contributed by atoms with van der Waals surface area (Å²) in [4.78, 5) is 0. The van der Waals surface area contributed by atoms with E-state index in [1.165, 1.54) is 44.1 Å². The van der Waals surface area contributed by atoms with Crippen LogP contribution in [0.3, 0.4) is 0 Å². The first-order chi connectivity index (χ1) is 11.6. The van der Waals surface area contributed by atoms with Crippen LogP contribution in [-0.4, -0.2) is 0 Å². The highest BCUT2D eigenvalue weighted by Crippen LogP contribution is 2.47. The smallest absolute Gasteiger partial charge is 0.256 e. The molecule has 24 heavy (non-hydrogen) atoms. The maximum Gasteiger partial charge on any atom is 0.256 e. The molecule has 0 saturated heterocycles. The maximum atomic E-state index is 6.31. The third-order valence-electron chi connectivity index (χ3n) is 5.26. The normalized spacial score (nSPS) is 12.3. The number of benzene rings is 3. The van der Waals surface area contributed by atoms with Crippen LogP contribution in [0, 0.1) is 13.8 Å². The number of rotatable bonds is 0. The molecule has 3 aromatic carbocycles. The predicted octanol–water partition coefficient (Wildman–Crippen LogP) is 5.21. The number of fused-ring (bicyclic) bond motifs is 3. The Kier molecular flexibility index (Phi) is 2.58. The second-order valence-electron chi connectivity index (χ2n) is 6.62. The van der Waals surface area contributed by atoms with Crippen LogP contribution in [0.2, 0.25) is 0 Å². The van der Waals surface area contributed by atoms with Gasteiger partial charge in [0, 0.05) is 17.5 Å². The summed E-state index contributed by atoms with van der Waals surface area (Å²) >= 11 is 0. The second-order valence-corrected chi connectivity index (χ2v) is 6.62. The first-order valence-corrected chi connectivity index (χ1v) is 8.28. The van der Waals surface area contributed by atoms with Crippen molar-refractivity contribution >= 4 is 21.7 Å². The fourth-order valence-electron chi connectivity index (χ4n) is 3.94. The summed E-state index contributed by atoms with van der Waals surface area (Å²) in [6.45, 7) is 4.40. The molecule has 2 nitrogen and oxygen atoms in total. The molecule has 0 fully saturated rings. The minimum atomic E-state index is 0.935. The molecule has 0 atom stereocenters. The average molecular weight is 312 g/mol. The zero-order valence-electron chi connectivity index (χ0n) is 14.1. The van der Waals surface area contributed by atoms with Crippen LogP contribution in [0.1, 0.15) is 11.1 Å². The molecule has 0 spiro atoms. The van der Waals surface area contributed by atoms with Gasteiger partial charge in [0.1, 0.15) is 12.8 Å². The summed E-state index contributed by atoms with van der Waals surface area (Å²) in [6, 6.07) is 19.2. The van der Waals surface area contributed by atoms with Gasteiger partial charge in [0.25, 0.3) is 5.69 Å². The van der Waals surface area contributed by atoms with E-state index in [0.717, 1.165) is 11.5 Å². The largest absolute Gasteiger partial charge is 0.450 e. The number of hydrogen-bond acceptors (Lipinski definition) is 1. The number of hydrogen-bond donors (Lipinski definition) is 0. The molecule has 2 heteroatoms. The lowest BCUT2D eigenvalue weighted by Gasteiger charge is -2.22. The Labute approximate surface area is 140 Å². The van der Waals surface area contributed by atoms with E-state index < -0.39 is 0 Å². The van der Waals surface area contributed by atoms with Crippen molar-refractivity contribution in [3.05, 3.63) is 65.7 Å². The Morgan fingerprint density at radius 1 is 0.833 bits per heavy atom. The zero-order chi connectivity index (χ0) is 16.4. The monoisotopic (exact) mass is 312 g/mol. The molecule has 1 aromatic heterocycles. The van der Waals surface area contributed by atoms with Crippen molar-refractivity contribution in [2.24, 2.45) is 7.05 Å². The van der Waals surface area contributed by atoms with Gasteiger partial charge in [0.05, 0.1) is 10.9 Å². The van der Waals surface area contributed by atoms with Gasteiger partial charge >= 0.3 is 0 Å². The van der Waals surface area contributed by atoms with Crippen LogP contribution in [0.15, 0.2) is 54.6 Å². The molecule has 5 rings (SSSR count). The third-order valence-corrected chi connectivity index (χ3v) is 5.26. The van der Waals surface area contributed by atoms with Gasteiger partial charge in [-0.3, -0.25) is 0 Å². The van der Waals surface area contributed by atoms with E-state index in [-0.39, 0.29) is 0 Å². The van der Waals surface area contributed by atoms with Crippen molar-refractivity contribution in [1.82, 2.24) is 0 Å². The van der Waals surface area contributed by atoms with Crippen LogP contribution in [0.5, 0.6) is 11.5 Å². The van der Waals surface area contributed by atoms with Crippen LogP contribution < -0.4 is 9.30 Å². The molecule has 0 amide bonds. The van der Waals surface area contributed by atoms with Crippen LogP contribution >= 0.6 is 0 Å². The number of para-hydroxylation sites is 1. The van der Waals surface area contributed by atoms with Gasteiger partial charge in [-0.25, -0.2) is 0 Å². The number of nitrogens with zero attached hydrogens (tertiary/aromatic N) is 1. The number of aryl methyl sites for hydroxylation is 2. The molecule has 116 valence electrons. The van der Waals surface area contributed by atoms with E-state index in [1.54, 1.807) is 0 Å². The van der Waals surface area contributed by atoms with E-state index in [1.807, 2.05) is 0 Å². The first-order valence-electron chi connectivity index (χ1n) is 8.28. The van der Waals surface area contributed by atoms with E-state index in [2.05, 4.69) is 80.1 Å². The van der Waals surface area contributed by atoms with Gasteiger partial charge < -0.3 is 4.74 Å². The van der Waals surface area contributed by atoms with Gasteiger partial charge in [0.2, 0.25) is 5.52 Å². The third kappa shape index (κ3) is 1.63. The predicted molar refractivity (Wildman–Crippen MR) is 97.6 cm³/mol. The molecular formula is C22H18NO+. The number of aromatic nitrogens is 1. The van der Waals surface area contributed by atoms with Gasteiger partial charge in [-0.05, 0) is 42.5 Å². The van der Waals surface area contributed by atoms with Crippen LogP contribution in [0.4, 0.5) is 0 Å². The maximum absolute atomic E-state index is 6.31. The summed E-state index contributed by atoms with van der Waals surface area (Å²) in [5.41, 5.74) is 6.32. The van der Waals surface area contributed by atoms with Crippen molar-refractivity contribution < 1.29 is 9.30 Å². The lowest BCUT2D eigenvalue weighted by atomic mass is 9.90. The molecule has 0 saturated carbocycles. The number of pyridine rings is 1. The van der Waals surface area contributed by atoms with Gasteiger partial charge in [-0.2, -0.15) is 4.57 Å². The summed E-state index contributed by atoms with van der Waals surface area (Å²) in [5.74, 6) is 1.89. The average Bonchev–Trinajstić information content (AvgIpc) is 2.59. The highest BCUT2D eigenvalue weighted by atomic mass is 16.5. The summed E-state index contributed by atoms with van der Waals surface area (Å²) < 4.78 is 8.58. The molecule has 0 N–H and O–H groups in total. The van der Waals surface area contributed by atoms with E-state index in [4.69, 9.17) is 4.74 Å². The highest BCUT2D eigenvalue weighted by Gasteiger charge is 2.31. The topological polar surface area (TPSA) is 13.1 Å². The summed E-state index contributed by atoms with van der Waals surface area (Å²) in [5, 5.41) is 3.66. The highest BCUT2D eigenvalue weighted by molar-refractivity contribution is 6.05. The Morgan fingerprint density at radius 2 is 1.62 bits per heavy atom. The SMILES string of the molecule is Cc1cc2cccc3c2c(c1C)-c1c(cc2ccccc2[n+]1C)O3. The fraction of sp³-hybridized carbons (Fsp3) is 0.136. The quantitative estimate of drug-likeness (QED) is 0.358. The van der Waals surface area contributed by atoms with Crippen LogP contribution in [0.25, 0.3) is 32.9 Å². The van der Waals surface area contributed by atoms with Crippen LogP contribution in [-0.2, 0) is 7.05 Å². The van der Waals surface area contributed by atoms with Crippen molar-refractivity contribution in [3.8, 4) is 22.8 Å². The Balaban J connectivity index is 2.04. The lowest BCUT2D eigenvalue weighted by Crippen LogP contribution is -2.33. The van der Waals surface area contributed by atoms with Crippen molar-refractivity contribution in [2.75, 3.05) is 0 Å². The van der Waals surface area contributed by atoms with Crippen molar-refractivity contribution in [3.63, 3.8) is 0 Å². The second kappa shape index (κ2) is 4.57. The first kappa shape index (κ1) is 13.6. The molecule has 1 aliphatic rings. The zero-order valence-corrected chi connectivity index (χ0v) is 14.1. The van der Waals surface area contributed by atoms with E-state index in [9.17, 15) is 0 Å². The molecule has 0 radical (unpaired) electrons. The van der Waals surface area contributed by atoms with Crippen molar-refractivity contribution in [2.45, 2.75) is 13.8 Å². The van der Waals surface area contributed by atoms with Gasteiger partial charge in [-0.15, -0.1) is 0 Å². The molecule has 0 bridgehead atoms. The standard InChI is InChI=1S/C22H18NO/c1-13-11-16-8-6-10-18-21(16)20(14(13)2)22-19(24-18)12-15-7-4-5-9-17(15)23(22)3/h4-12H,1-3H3/q+1. The molecule has 2 heterocycles. The molecular weight excluding hydrogens is 294 g/mol. The Hall–Kier alpha value is -2.87. The van der Waals surface area contributed by atoms with Gasteiger partial charge in [-0.1, -0.05) is 30.3 Å². The Bertz CT molecular complexity index is 1160. The van der Waals surface area contributed by atoms with Gasteiger partial charge in [0.15, 0.2) is 5.75 Å².